The van der Waals surface area contributed by atoms with Crippen LogP contribution in [-0.2, 0) is 0 Å². The first kappa shape index (κ1) is 14.1. The summed E-state index contributed by atoms with van der Waals surface area (Å²) in [5.74, 6) is 0. The smallest absolute Gasteiger partial charge is 0.483 e. The first-order chi connectivity index (χ1) is 4.81. The number of unbranched alkanes of at least 4 members (excludes halogenated alkanes) is 1. The number of rotatable bonds is 6. The van der Waals surface area contributed by atoms with Gasteiger partial charge in [0.25, 0.3) is 0 Å². The molecule has 0 aliphatic heterocycles. The van der Waals surface area contributed by atoms with Crippen molar-refractivity contribution in [2.24, 2.45) is 11.5 Å². The fourth-order valence-electron chi connectivity index (χ4n) is 0.921. The SMILES string of the molecule is CCCCC(N)CC[CH-]N.[Li+]. The Kier molecular flexibility index (Phi) is 13.4. The van der Waals surface area contributed by atoms with Gasteiger partial charge in [-0.1, -0.05) is 26.2 Å². The molecular formula is C8H19LiN2. The molecule has 0 saturated carbocycles. The molecule has 0 aromatic carbocycles. The number of hydrogen-bond acceptors (Lipinski definition) is 2. The normalized spacial score (nSPS) is 12.3. The van der Waals surface area contributed by atoms with Gasteiger partial charge < -0.3 is 11.5 Å². The monoisotopic (exact) mass is 150 g/mol. The Morgan fingerprint density at radius 3 is 2.45 bits per heavy atom. The first-order valence-electron chi connectivity index (χ1n) is 4.10. The molecule has 11 heavy (non-hydrogen) atoms. The van der Waals surface area contributed by atoms with Gasteiger partial charge in [0.2, 0.25) is 0 Å². The molecular weight excluding hydrogens is 131 g/mol. The first-order valence-corrected chi connectivity index (χ1v) is 4.10. The Morgan fingerprint density at radius 1 is 1.36 bits per heavy atom. The van der Waals surface area contributed by atoms with Gasteiger partial charge in [-0.2, -0.15) is 6.42 Å². The average Bonchev–Trinajstić information content (AvgIpc) is 1.97. The summed E-state index contributed by atoms with van der Waals surface area (Å²) in [5.41, 5.74) is 11.0. The molecule has 0 saturated heterocycles. The van der Waals surface area contributed by atoms with Gasteiger partial charge in [0.15, 0.2) is 0 Å². The summed E-state index contributed by atoms with van der Waals surface area (Å²) in [5, 5.41) is 0. The predicted molar refractivity (Wildman–Crippen MR) is 45.2 cm³/mol. The zero-order valence-electron chi connectivity index (χ0n) is 7.84. The van der Waals surface area contributed by atoms with Crippen LogP contribution in [0.25, 0.3) is 0 Å². The van der Waals surface area contributed by atoms with Crippen molar-refractivity contribution in [1.29, 1.82) is 0 Å². The van der Waals surface area contributed by atoms with Gasteiger partial charge >= 0.3 is 18.9 Å². The van der Waals surface area contributed by atoms with Crippen molar-refractivity contribution in [2.75, 3.05) is 0 Å². The van der Waals surface area contributed by atoms with E-state index >= 15 is 0 Å². The molecule has 1 atom stereocenters. The third kappa shape index (κ3) is 10.5. The third-order valence-corrected chi connectivity index (χ3v) is 1.63. The van der Waals surface area contributed by atoms with Crippen molar-refractivity contribution in [3.8, 4) is 0 Å². The summed E-state index contributed by atoms with van der Waals surface area (Å²) in [6.07, 6.45) is 5.61. The molecule has 2 nitrogen and oxygen atoms in total. The minimum absolute atomic E-state index is 0. The fraction of sp³-hybridized carbons (Fsp3) is 0.875. The van der Waals surface area contributed by atoms with Crippen molar-refractivity contribution >= 4 is 0 Å². The zero-order valence-corrected chi connectivity index (χ0v) is 7.84. The van der Waals surface area contributed by atoms with E-state index in [2.05, 4.69) is 6.92 Å². The summed E-state index contributed by atoms with van der Waals surface area (Å²) in [4.78, 5) is 0. The van der Waals surface area contributed by atoms with E-state index in [1.54, 1.807) is 6.54 Å². The van der Waals surface area contributed by atoms with Crippen LogP contribution in [0.5, 0.6) is 0 Å². The van der Waals surface area contributed by atoms with Crippen LogP contribution >= 0.6 is 0 Å². The number of nitrogens with two attached hydrogens (primary N) is 2. The summed E-state index contributed by atoms with van der Waals surface area (Å²) in [7, 11) is 0. The summed E-state index contributed by atoms with van der Waals surface area (Å²) in [6, 6.07) is 0.361. The van der Waals surface area contributed by atoms with Crippen LogP contribution in [0.3, 0.4) is 0 Å². The molecule has 0 amide bonds. The minimum atomic E-state index is 0. The number of hydrogen-bond donors (Lipinski definition) is 2. The Bertz CT molecular complexity index is 61.1. The Morgan fingerprint density at radius 2 is 2.00 bits per heavy atom. The van der Waals surface area contributed by atoms with Crippen LogP contribution in [0.4, 0.5) is 0 Å². The molecule has 0 bridgehead atoms. The van der Waals surface area contributed by atoms with E-state index < -0.39 is 0 Å². The van der Waals surface area contributed by atoms with Crippen LogP contribution in [0.2, 0.25) is 0 Å². The standard InChI is InChI=1S/C8H19N2.Li/c1-2-3-5-8(10)6-4-7-9;/h7-8H,2-6,9-10H2,1H3;/q-1;+1. The van der Waals surface area contributed by atoms with Crippen LogP contribution in [0.1, 0.15) is 39.0 Å². The quantitative estimate of drug-likeness (QED) is 0.354. The van der Waals surface area contributed by atoms with Gasteiger partial charge in [-0.05, 0) is 6.42 Å². The van der Waals surface area contributed by atoms with Gasteiger partial charge in [0.05, 0.1) is 0 Å². The maximum absolute atomic E-state index is 5.77. The molecule has 0 aliphatic rings. The second-order valence-corrected chi connectivity index (χ2v) is 2.72. The van der Waals surface area contributed by atoms with Crippen LogP contribution in [0.15, 0.2) is 0 Å². The third-order valence-electron chi connectivity index (χ3n) is 1.63. The van der Waals surface area contributed by atoms with Gasteiger partial charge in [-0.15, -0.1) is 0 Å². The van der Waals surface area contributed by atoms with E-state index in [9.17, 15) is 0 Å². The topological polar surface area (TPSA) is 52.0 Å². The molecule has 0 fully saturated rings. The van der Waals surface area contributed by atoms with Crippen molar-refractivity contribution in [1.82, 2.24) is 0 Å². The molecule has 0 radical (unpaired) electrons. The van der Waals surface area contributed by atoms with Crippen molar-refractivity contribution in [2.45, 2.75) is 45.1 Å². The fourth-order valence-corrected chi connectivity index (χ4v) is 0.921. The van der Waals surface area contributed by atoms with Crippen molar-refractivity contribution in [3.05, 3.63) is 6.54 Å². The van der Waals surface area contributed by atoms with Crippen LogP contribution in [-0.4, -0.2) is 6.04 Å². The van der Waals surface area contributed by atoms with Gasteiger partial charge in [0.1, 0.15) is 0 Å². The molecule has 0 rings (SSSR count). The Hall–Kier alpha value is 0.517. The van der Waals surface area contributed by atoms with Gasteiger partial charge in [-0.25, -0.2) is 0 Å². The van der Waals surface area contributed by atoms with E-state index in [4.69, 9.17) is 11.5 Å². The largest absolute Gasteiger partial charge is 1.00 e. The second-order valence-electron chi connectivity index (χ2n) is 2.72. The molecule has 0 heterocycles. The molecule has 62 valence electrons. The van der Waals surface area contributed by atoms with E-state index in [1.165, 1.54) is 12.8 Å². The Labute approximate surface area is 82.3 Å². The molecule has 3 heteroatoms. The maximum atomic E-state index is 5.77. The van der Waals surface area contributed by atoms with Gasteiger partial charge in [0, 0.05) is 6.04 Å². The molecule has 1 unspecified atom stereocenters. The van der Waals surface area contributed by atoms with E-state index in [0.717, 1.165) is 19.3 Å². The maximum Gasteiger partial charge on any atom is 1.00 e. The van der Waals surface area contributed by atoms with E-state index in [1.807, 2.05) is 0 Å². The zero-order chi connectivity index (χ0) is 7.82. The summed E-state index contributed by atoms with van der Waals surface area (Å²) >= 11 is 0. The molecule has 0 aromatic heterocycles. The molecule has 4 N–H and O–H groups in total. The van der Waals surface area contributed by atoms with Crippen LogP contribution < -0.4 is 30.3 Å². The van der Waals surface area contributed by atoms with Crippen LogP contribution in [0, 0.1) is 6.54 Å². The second kappa shape index (κ2) is 10.5. The average molecular weight is 150 g/mol. The molecule has 0 aliphatic carbocycles. The van der Waals surface area contributed by atoms with E-state index in [-0.39, 0.29) is 18.9 Å². The van der Waals surface area contributed by atoms with Crippen molar-refractivity contribution < 1.29 is 18.9 Å². The van der Waals surface area contributed by atoms with E-state index in [0.29, 0.717) is 6.04 Å². The molecule has 0 aromatic rings. The van der Waals surface area contributed by atoms with Crippen molar-refractivity contribution in [3.63, 3.8) is 0 Å². The molecule has 0 spiro atoms. The minimum Gasteiger partial charge on any atom is -0.483 e. The predicted octanol–water partition coefficient (Wildman–Crippen LogP) is -1.59. The Balaban J connectivity index is 0. The summed E-state index contributed by atoms with van der Waals surface area (Å²) < 4.78 is 0. The van der Waals surface area contributed by atoms with Gasteiger partial charge in [-0.3, -0.25) is 6.54 Å². The summed E-state index contributed by atoms with van der Waals surface area (Å²) in [6.45, 7) is 3.87.